The van der Waals surface area contributed by atoms with Crippen molar-refractivity contribution >= 4 is 27.9 Å². The molecular formula is C25H21BrO4. The first-order valence-corrected chi connectivity index (χ1v) is 10.6. The number of ether oxygens (including phenoxy) is 1. The molecule has 5 heteroatoms. The Morgan fingerprint density at radius 3 is 1.73 bits per heavy atom. The largest absolute Gasteiger partial charge is 0.481 e. The fourth-order valence-corrected chi connectivity index (χ4v) is 4.62. The van der Waals surface area contributed by atoms with Crippen LogP contribution in [0.2, 0.25) is 0 Å². The summed E-state index contributed by atoms with van der Waals surface area (Å²) in [5.41, 5.74) is 2.58. The molecule has 30 heavy (non-hydrogen) atoms. The van der Waals surface area contributed by atoms with E-state index < -0.39 is 29.6 Å². The van der Waals surface area contributed by atoms with E-state index in [0.29, 0.717) is 0 Å². The first-order valence-electron chi connectivity index (χ1n) is 9.80. The highest BCUT2D eigenvalue weighted by Crippen LogP contribution is 2.58. The molecule has 0 spiro atoms. The lowest BCUT2D eigenvalue weighted by atomic mass is 9.52. The van der Waals surface area contributed by atoms with Gasteiger partial charge in [0.05, 0.1) is 11.8 Å². The van der Waals surface area contributed by atoms with E-state index in [1.54, 1.807) is 0 Å². The highest BCUT2D eigenvalue weighted by molar-refractivity contribution is 9.10. The van der Waals surface area contributed by atoms with Crippen LogP contribution in [-0.2, 0) is 20.9 Å². The Kier molecular flexibility index (Phi) is 6.00. The minimum Gasteiger partial charge on any atom is -0.481 e. The smallest absolute Gasteiger partial charge is 0.310 e. The molecule has 2 atom stereocenters. The highest BCUT2D eigenvalue weighted by Gasteiger charge is 2.59. The maximum Gasteiger partial charge on any atom is 0.310 e. The lowest BCUT2D eigenvalue weighted by Gasteiger charge is -2.49. The summed E-state index contributed by atoms with van der Waals surface area (Å²) in [6.07, 6.45) is 0. The van der Waals surface area contributed by atoms with Crippen LogP contribution in [0.15, 0.2) is 89.4 Å². The molecule has 0 amide bonds. The SMILES string of the molecule is O=C(O)C1[C@@H](c2ccccc2)C(C(=O)OCc2ccc(Br)cc2)[C@@H]1c1ccccc1. The molecule has 0 saturated heterocycles. The van der Waals surface area contributed by atoms with Gasteiger partial charge in [-0.15, -0.1) is 0 Å². The minimum absolute atomic E-state index is 0.156. The van der Waals surface area contributed by atoms with E-state index in [1.165, 1.54) is 0 Å². The first-order chi connectivity index (χ1) is 14.6. The van der Waals surface area contributed by atoms with Crippen molar-refractivity contribution in [3.05, 3.63) is 106 Å². The number of carboxylic acid groups (broad SMARTS) is 1. The normalized spacial score (nSPS) is 22.7. The van der Waals surface area contributed by atoms with Crippen LogP contribution < -0.4 is 0 Å². The molecular weight excluding hydrogens is 444 g/mol. The van der Waals surface area contributed by atoms with Gasteiger partial charge in [-0.25, -0.2) is 0 Å². The van der Waals surface area contributed by atoms with Crippen LogP contribution in [0.3, 0.4) is 0 Å². The van der Waals surface area contributed by atoms with Crippen LogP contribution in [-0.4, -0.2) is 17.0 Å². The van der Waals surface area contributed by atoms with Gasteiger partial charge in [0.15, 0.2) is 0 Å². The maximum absolute atomic E-state index is 13.2. The molecule has 0 heterocycles. The summed E-state index contributed by atoms with van der Waals surface area (Å²) in [5.74, 6) is -3.34. The number of hydrogen-bond acceptors (Lipinski definition) is 3. The van der Waals surface area contributed by atoms with Gasteiger partial charge in [-0.3, -0.25) is 9.59 Å². The number of hydrogen-bond donors (Lipinski definition) is 1. The zero-order chi connectivity index (χ0) is 21.1. The van der Waals surface area contributed by atoms with Gasteiger partial charge in [-0.2, -0.15) is 0 Å². The van der Waals surface area contributed by atoms with Gasteiger partial charge >= 0.3 is 11.9 Å². The fourth-order valence-electron chi connectivity index (χ4n) is 4.36. The number of carbonyl (C=O) groups is 2. The molecule has 0 aliphatic heterocycles. The second-order valence-corrected chi connectivity index (χ2v) is 8.41. The summed E-state index contributed by atoms with van der Waals surface area (Å²) >= 11 is 3.39. The molecule has 0 radical (unpaired) electrons. The Morgan fingerprint density at radius 2 is 1.27 bits per heavy atom. The maximum atomic E-state index is 13.2. The number of benzene rings is 3. The topological polar surface area (TPSA) is 63.6 Å². The lowest BCUT2D eigenvalue weighted by Crippen LogP contribution is -2.51. The lowest BCUT2D eigenvalue weighted by molar-refractivity contribution is -0.165. The predicted octanol–water partition coefficient (Wildman–Crippen LogP) is 5.39. The minimum atomic E-state index is -0.894. The highest BCUT2D eigenvalue weighted by atomic mass is 79.9. The van der Waals surface area contributed by atoms with E-state index in [2.05, 4.69) is 15.9 Å². The molecule has 0 aromatic heterocycles. The third-order valence-corrected chi connectivity index (χ3v) is 6.30. The van der Waals surface area contributed by atoms with Gasteiger partial charge in [-0.05, 0) is 28.8 Å². The van der Waals surface area contributed by atoms with Crippen LogP contribution in [0, 0.1) is 11.8 Å². The number of carboxylic acids is 1. The molecule has 1 saturated carbocycles. The number of aliphatic carboxylic acids is 1. The summed E-state index contributed by atoms with van der Waals surface area (Å²) in [7, 11) is 0. The quantitative estimate of drug-likeness (QED) is 0.496. The Balaban J connectivity index is 1.63. The summed E-state index contributed by atoms with van der Waals surface area (Å²) in [5, 5.41) is 9.97. The summed E-state index contributed by atoms with van der Waals surface area (Å²) in [4.78, 5) is 25.3. The van der Waals surface area contributed by atoms with Crippen molar-refractivity contribution < 1.29 is 19.4 Å². The van der Waals surface area contributed by atoms with E-state index in [4.69, 9.17) is 4.74 Å². The zero-order valence-electron chi connectivity index (χ0n) is 16.1. The fraction of sp³-hybridized carbons (Fsp3) is 0.200. The van der Waals surface area contributed by atoms with Gasteiger partial charge in [0.1, 0.15) is 6.61 Å². The monoisotopic (exact) mass is 464 g/mol. The molecule has 4 nitrogen and oxygen atoms in total. The van der Waals surface area contributed by atoms with Crippen molar-refractivity contribution in [1.29, 1.82) is 0 Å². The molecule has 1 aliphatic carbocycles. The third-order valence-electron chi connectivity index (χ3n) is 5.77. The predicted molar refractivity (Wildman–Crippen MR) is 117 cm³/mol. The van der Waals surface area contributed by atoms with Gasteiger partial charge in [0, 0.05) is 16.3 Å². The van der Waals surface area contributed by atoms with Crippen LogP contribution in [0.4, 0.5) is 0 Å². The molecule has 3 aromatic rings. The number of rotatable bonds is 6. The number of carbonyl (C=O) groups excluding carboxylic acids is 1. The van der Waals surface area contributed by atoms with E-state index in [-0.39, 0.29) is 12.6 Å². The van der Waals surface area contributed by atoms with Gasteiger partial charge < -0.3 is 9.84 Å². The van der Waals surface area contributed by atoms with Crippen molar-refractivity contribution in [3.8, 4) is 0 Å². The number of halogens is 1. The van der Waals surface area contributed by atoms with E-state index >= 15 is 0 Å². The molecule has 1 aliphatic rings. The first kappa shape index (κ1) is 20.4. The Hall–Kier alpha value is -2.92. The Labute approximate surface area is 183 Å². The molecule has 0 unspecified atom stereocenters. The molecule has 1 N–H and O–H groups in total. The Morgan fingerprint density at radius 1 is 0.767 bits per heavy atom. The van der Waals surface area contributed by atoms with Crippen LogP contribution in [0.25, 0.3) is 0 Å². The molecule has 1 fully saturated rings. The van der Waals surface area contributed by atoms with Crippen LogP contribution in [0.5, 0.6) is 0 Å². The summed E-state index contributed by atoms with van der Waals surface area (Å²) in [6, 6.07) is 26.4. The van der Waals surface area contributed by atoms with E-state index in [9.17, 15) is 14.7 Å². The molecule has 0 bridgehead atoms. The van der Waals surface area contributed by atoms with E-state index in [1.807, 2.05) is 84.9 Å². The Bertz CT molecular complexity index is 971. The van der Waals surface area contributed by atoms with Crippen LogP contribution >= 0.6 is 15.9 Å². The van der Waals surface area contributed by atoms with Gasteiger partial charge in [0.25, 0.3) is 0 Å². The standard InChI is InChI=1S/C25H21BrO4/c26-19-13-11-16(12-14-19)15-30-25(29)23-20(17-7-3-1-4-8-17)22(24(27)28)21(23)18-9-5-2-6-10-18/h1-14,20-23H,15H2,(H,27,28)/t20-,21-,22?,23?/m1/s1. The zero-order valence-corrected chi connectivity index (χ0v) is 17.7. The molecule has 4 rings (SSSR count). The molecule has 152 valence electrons. The second-order valence-electron chi connectivity index (χ2n) is 7.50. The third kappa shape index (κ3) is 4.03. The second kappa shape index (κ2) is 8.84. The summed E-state index contributed by atoms with van der Waals surface area (Å²) in [6.45, 7) is 0.156. The van der Waals surface area contributed by atoms with Crippen molar-refractivity contribution in [2.75, 3.05) is 0 Å². The summed E-state index contributed by atoms with van der Waals surface area (Å²) < 4.78 is 6.61. The van der Waals surface area contributed by atoms with Gasteiger partial charge in [-0.1, -0.05) is 88.7 Å². The van der Waals surface area contributed by atoms with Crippen molar-refractivity contribution in [2.24, 2.45) is 11.8 Å². The average Bonchev–Trinajstić information content (AvgIpc) is 2.74. The average molecular weight is 465 g/mol. The van der Waals surface area contributed by atoms with E-state index in [0.717, 1.165) is 21.2 Å². The van der Waals surface area contributed by atoms with Crippen molar-refractivity contribution in [1.82, 2.24) is 0 Å². The molecule has 3 aromatic carbocycles. The van der Waals surface area contributed by atoms with Gasteiger partial charge in [0.2, 0.25) is 0 Å². The van der Waals surface area contributed by atoms with Crippen molar-refractivity contribution in [2.45, 2.75) is 18.4 Å². The van der Waals surface area contributed by atoms with Crippen LogP contribution in [0.1, 0.15) is 28.5 Å². The number of esters is 1. The van der Waals surface area contributed by atoms with Crippen molar-refractivity contribution in [3.63, 3.8) is 0 Å².